The van der Waals surface area contributed by atoms with E-state index in [0.29, 0.717) is 0 Å². The Morgan fingerprint density at radius 2 is 1.24 bits per heavy atom. The number of hydrogen-bond acceptors (Lipinski definition) is 3. The van der Waals surface area contributed by atoms with Gasteiger partial charge in [0.2, 0.25) is 0 Å². The molecule has 21 heavy (non-hydrogen) atoms. The maximum Gasteiger partial charge on any atom is 0.118 e. The molecule has 0 atom stereocenters. The van der Waals surface area contributed by atoms with Crippen LogP contribution in [0, 0.1) is 0 Å². The van der Waals surface area contributed by atoms with E-state index in [0.717, 1.165) is 24.5 Å². The lowest BCUT2D eigenvalue weighted by atomic mass is 9.98. The van der Waals surface area contributed by atoms with Gasteiger partial charge in [-0.3, -0.25) is 0 Å². The molecule has 2 aromatic carbocycles. The largest absolute Gasteiger partial charge is 0.497 e. The first kappa shape index (κ1) is 15.4. The topological polar surface area (TPSA) is 30.5 Å². The van der Waals surface area contributed by atoms with Crippen LogP contribution >= 0.6 is 0 Å². The van der Waals surface area contributed by atoms with E-state index in [1.165, 1.54) is 11.1 Å². The normalized spacial score (nSPS) is 10.7. The number of benzene rings is 2. The van der Waals surface area contributed by atoms with Crippen molar-refractivity contribution in [3.8, 4) is 11.5 Å². The molecule has 0 fully saturated rings. The Labute approximate surface area is 126 Å². The molecule has 0 aliphatic heterocycles. The van der Waals surface area contributed by atoms with Crippen LogP contribution in [0.1, 0.15) is 30.5 Å². The molecule has 3 nitrogen and oxygen atoms in total. The molecule has 0 aromatic heterocycles. The molecule has 112 valence electrons. The van der Waals surface area contributed by atoms with E-state index in [1.54, 1.807) is 14.2 Å². The minimum atomic E-state index is 0.182. The smallest absolute Gasteiger partial charge is 0.118 e. The van der Waals surface area contributed by atoms with E-state index < -0.39 is 0 Å². The second-order valence-corrected chi connectivity index (χ2v) is 4.93. The summed E-state index contributed by atoms with van der Waals surface area (Å²) in [5, 5.41) is 3.60. The van der Waals surface area contributed by atoms with E-state index in [-0.39, 0.29) is 6.04 Å². The molecule has 0 bridgehead atoms. The van der Waals surface area contributed by atoms with E-state index in [4.69, 9.17) is 9.47 Å². The molecule has 0 amide bonds. The number of nitrogens with one attached hydrogen (secondary N) is 1. The predicted octanol–water partition coefficient (Wildman–Crippen LogP) is 3.79. The molecule has 2 rings (SSSR count). The minimum Gasteiger partial charge on any atom is -0.497 e. The number of hydrogen-bond donors (Lipinski definition) is 1. The zero-order chi connectivity index (χ0) is 15.1. The van der Waals surface area contributed by atoms with Crippen LogP contribution in [-0.4, -0.2) is 20.8 Å². The zero-order valence-corrected chi connectivity index (χ0v) is 12.9. The predicted molar refractivity (Wildman–Crippen MR) is 86.1 cm³/mol. The highest BCUT2D eigenvalue weighted by Crippen LogP contribution is 2.25. The van der Waals surface area contributed by atoms with Crippen molar-refractivity contribution < 1.29 is 9.47 Å². The lowest BCUT2D eigenvalue weighted by molar-refractivity contribution is 0.414. The van der Waals surface area contributed by atoms with Gasteiger partial charge in [-0.1, -0.05) is 31.2 Å². The van der Waals surface area contributed by atoms with Gasteiger partial charge < -0.3 is 14.8 Å². The zero-order valence-electron chi connectivity index (χ0n) is 12.9. The number of ether oxygens (including phenoxy) is 2. The quantitative estimate of drug-likeness (QED) is 0.839. The van der Waals surface area contributed by atoms with Crippen LogP contribution in [0.4, 0.5) is 0 Å². The van der Waals surface area contributed by atoms with Gasteiger partial charge in [0.25, 0.3) is 0 Å². The summed E-state index contributed by atoms with van der Waals surface area (Å²) in [5.41, 5.74) is 2.46. The summed E-state index contributed by atoms with van der Waals surface area (Å²) in [5.74, 6) is 1.76. The van der Waals surface area contributed by atoms with Crippen LogP contribution in [0.25, 0.3) is 0 Å². The molecule has 1 N–H and O–H groups in total. The average Bonchev–Trinajstić information content (AvgIpc) is 2.56. The third kappa shape index (κ3) is 3.99. The monoisotopic (exact) mass is 285 g/mol. The van der Waals surface area contributed by atoms with Gasteiger partial charge in [0, 0.05) is 0 Å². The van der Waals surface area contributed by atoms with Gasteiger partial charge in [0.15, 0.2) is 0 Å². The van der Waals surface area contributed by atoms with Crippen LogP contribution in [0.5, 0.6) is 11.5 Å². The van der Waals surface area contributed by atoms with Crippen LogP contribution in [0.2, 0.25) is 0 Å². The Morgan fingerprint density at radius 1 is 0.810 bits per heavy atom. The molecular weight excluding hydrogens is 262 g/mol. The van der Waals surface area contributed by atoms with Crippen molar-refractivity contribution in [3.05, 3.63) is 59.7 Å². The van der Waals surface area contributed by atoms with Crippen molar-refractivity contribution in [3.63, 3.8) is 0 Å². The Bertz CT molecular complexity index is 487. The first-order valence-corrected chi connectivity index (χ1v) is 7.29. The summed E-state index contributed by atoms with van der Waals surface area (Å²) < 4.78 is 10.5. The van der Waals surface area contributed by atoms with Crippen LogP contribution in [0.15, 0.2) is 48.5 Å². The molecule has 0 saturated heterocycles. The summed E-state index contributed by atoms with van der Waals surface area (Å²) in [7, 11) is 3.37. The van der Waals surface area contributed by atoms with E-state index in [2.05, 4.69) is 36.5 Å². The maximum atomic E-state index is 5.23. The number of methoxy groups -OCH3 is 2. The Balaban J connectivity index is 2.26. The summed E-state index contributed by atoms with van der Waals surface area (Å²) in [4.78, 5) is 0. The SMILES string of the molecule is CCCNC(c1ccc(OC)cc1)c1ccc(OC)cc1. The molecule has 0 saturated carbocycles. The maximum absolute atomic E-state index is 5.23. The highest BCUT2D eigenvalue weighted by atomic mass is 16.5. The minimum absolute atomic E-state index is 0.182. The van der Waals surface area contributed by atoms with Crippen molar-refractivity contribution in [2.24, 2.45) is 0 Å². The van der Waals surface area contributed by atoms with E-state index >= 15 is 0 Å². The highest BCUT2D eigenvalue weighted by Gasteiger charge is 2.13. The summed E-state index contributed by atoms with van der Waals surface area (Å²) >= 11 is 0. The molecule has 0 unspecified atom stereocenters. The molecule has 2 aromatic rings. The number of rotatable bonds is 7. The first-order valence-electron chi connectivity index (χ1n) is 7.29. The standard InChI is InChI=1S/C18H23NO2/c1-4-13-19-18(14-5-9-16(20-2)10-6-14)15-7-11-17(21-3)12-8-15/h5-12,18-19H,4,13H2,1-3H3. The fourth-order valence-electron chi connectivity index (χ4n) is 2.31. The third-order valence-electron chi connectivity index (χ3n) is 3.50. The van der Waals surface area contributed by atoms with Crippen molar-refractivity contribution in [2.45, 2.75) is 19.4 Å². The molecule has 3 heteroatoms. The summed E-state index contributed by atoms with van der Waals surface area (Å²) in [6.07, 6.45) is 1.10. The lowest BCUT2D eigenvalue weighted by Crippen LogP contribution is -2.23. The Morgan fingerprint density at radius 3 is 1.57 bits per heavy atom. The second kappa shape index (κ2) is 7.70. The van der Waals surface area contributed by atoms with Gasteiger partial charge in [-0.2, -0.15) is 0 Å². The van der Waals surface area contributed by atoms with Gasteiger partial charge in [-0.25, -0.2) is 0 Å². The van der Waals surface area contributed by atoms with Gasteiger partial charge in [0.1, 0.15) is 11.5 Å². The van der Waals surface area contributed by atoms with Crippen LogP contribution < -0.4 is 14.8 Å². The van der Waals surface area contributed by atoms with Gasteiger partial charge in [-0.05, 0) is 48.4 Å². The third-order valence-corrected chi connectivity index (χ3v) is 3.50. The van der Waals surface area contributed by atoms with Gasteiger partial charge in [0.05, 0.1) is 20.3 Å². The Kier molecular flexibility index (Phi) is 5.64. The molecule has 0 heterocycles. The van der Waals surface area contributed by atoms with E-state index in [9.17, 15) is 0 Å². The summed E-state index contributed by atoms with van der Waals surface area (Å²) in [6.45, 7) is 3.15. The fourth-order valence-corrected chi connectivity index (χ4v) is 2.31. The van der Waals surface area contributed by atoms with Crippen LogP contribution in [-0.2, 0) is 0 Å². The average molecular weight is 285 g/mol. The van der Waals surface area contributed by atoms with Gasteiger partial charge >= 0.3 is 0 Å². The van der Waals surface area contributed by atoms with Crippen molar-refractivity contribution >= 4 is 0 Å². The lowest BCUT2D eigenvalue weighted by Gasteiger charge is -2.20. The van der Waals surface area contributed by atoms with Crippen molar-refractivity contribution in [2.75, 3.05) is 20.8 Å². The van der Waals surface area contributed by atoms with Crippen molar-refractivity contribution in [1.82, 2.24) is 5.32 Å². The fraction of sp³-hybridized carbons (Fsp3) is 0.333. The molecular formula is C18H23NO2. The summed E-state index contributed by atoms with van der Waals surface area (Å²) in [6, 6.07) is 16.6. The molecule has 0 aliphatic rings. The molecule has 0 spiro atoms. The second-order valence-electron chi connectivity index (χ2n) is 4.93. The molecule has 0 aliphatic carbocycles. The highest BCUT2D eigenvalue weighted by molar-refractivity contribution is 5.37. The van der Waals surface area contributed by atoms with Crippen LogP contribution in [0.3, 0.4) is 0 Å². The van der Waals surface area contributed by atoms with Crippen molar-refractivity contribution in [1.29, 1.82) is 0 Å². The molecule has 0 radical (unpaired) electrons. The van der Waals surface area contributed by atoms with E-state index in [1.807, 2.05) is 24.3 Å². The first-order chi connectivity index (χ1) is 10.3. The Hall–Kier alpha value is -2.00. The van der Waals surface area contributed by atoms with Gasteiger partial charge in [-0.15, -0.1) is 0 Å².